The summed E-state index contributed by atoms with van der Waals surface area (Å²) < 4.78 is 0. The molecule has 0 aromatic heterocycles. The number of piperazine rings is 1. The lowest BCUT2D eigenvalue weighted by Crippen LogP contribution is -2.52. The summed E-state index contributed by atoms with van der Waals surface area (Å²) in [6.07, 6.45) is 1.02. The first kappa shape index (κ1) is 16.1. The van der Waals surface area contributed by atoms with Crippen LogP contribution < -0.4 is 5.32 Å². The Morgan fingerprint density at radius 1 is 1.43 bits per heavy atom. The quantitative estimate of drug-likeness (QED) is 0.929. The molecule has 1 unspecified atom stereocenters. The lowest BCUT2D eigenvalue weighted by atomic mass is 10.1. The van der Waals surface area contributed by atoms with Crippen LogP contribution in [-0.4, -0.2) is 55.0 Å². The zero-order chi connectivity index (χ0) is 15.4. The van der Waals surface area contributed by atoms with Gasteiger partial charge in [-0.05, 0) is 38.6 Å². The summed E-state index contributed by atoms with van der Waals surface area (Å²) in [6, 6.07) is 5.71. The Labute approximate surface area is 132 Å². The molecule has 1 aromatic rings. The molecule has 1 fully saturated rings. The predicted octanol–water partition coefficient (Wildman–Crippen LogP) is 2.94. The van der Waals surface area contributed by atoms with Gasteiger partial charge in [0.2, 0.25) is 0 Å². The average Bonchev–Trinajstić information content (AvgIpc) is 2.45. The highest BCUT2D eigenvalue weighted by Gasteiger charge is 2.27. The summed E-state index contributed by atoms with van der Waals surface area (Å²) in [6.45, 7) is 7.62. The number of benzene rings is 1. The Hall–Kier alpha value is -1.26. The monoisotopic (exact) mass is 309 g/mol. The highest BCUT2D eigenvalue weighted by Crippen LogP contribution is 2.24. The van der Waals surface area contributed by atoms with Gasteiger partial charge in [-0.3, -0.25) is 4.79 Å². The Bertz CT molecular complexity index is 506. The van der Waals surface area contributed by atoms with Crippen LogP contribution in [0.15, 0.2) is 18.2 Å². The molecule has 1 amide bonds. The smallest absolute Gasteiger partial charge is 0.256 e. The molecule has 116 valence electrons. The van der Waals surface area contributed by atoms with Crippen molar-refractivity contribution in [1.82, 2.24) is 9.80 Å². The summed E-state index contributed by atoms with van der Waals surface area (Å²) in [7, 11) is 2.09. The number of anilines is 1. The second kappa shape index (κ2) is 7.14. The minimum atomic E-state index is 0.0664. The van der Waals surface area contributed by atoms with E-state index in [0.717, 1.165) is 38.3 Å². The van der Waals surface area contributed by atoms with Gasteiger partial charge in [0.05, 0.1) is 5.56 Å². The van der Waals surface area contributed by atoms with Crippen LogP contribution in [0.3, 0.4) is 0 Å². The number of carbonyl (C=O) groups is 1. The van der Waals surface area contributed by atoms with Crippen molar-refractivity contribution >= 4 is 23.2 Å². The zero-order valence-corrected chi connectivity index (χ0v) is 13.8. The number of likely N-dealkylation sites (N-methyl/N-ethyl adjacent to an activating group) is 1. The second-order valence-corrected chi connectivity index (χ2v) is 6.16. The third-order valence-corrected chi connectivity index (χ3v) is 4.10. The van der Waals surface area contributed by atoms with Crippen LogP contribution in [0.1, 0.15) is 30.6 Å². The molecule has 0 saturated carbocycles. The van der Waals surface area contributed by atoms with E-state index in [1.165, 1.54) is 0 Å². The van der Waals surface area contributed by atoms with Gasteiger partial charge in [0.15, 0.2) is 0 Å². The van der Waals surface area contributed by atoms with E-state index in [0.29, 0.717) is 10.6 Å². The first-order chi connectivity index (χ1) is 10.0. The van der Waals surface area contributed by atoms with Gasteiger partial charge in [-0.25, -0.2) is 0 Å². The van der Waals surface area contributed by atoms with Crippen molar-refractivity contribution in [1.29, 1.82) is 0 Å². The van der Waals surface area contributed by atoms with Crippen molar-refractivity contribution in [2.45, 2.75) is 26.3 Å². The third kappa shape index (κ3) is 3.89. The standard InChI is InChI=1S/C16H24ClN3O/c1-4-7-18-15-6-5-13(17)10-14(15)16(21)20-9-8-19(3)11-12(20)2/h5-6,10,12,18H,4,7-9,11H2,1-3H3. The maximum Gasteiger partial charge on any atom is 0.256 e. The molecule has 4 nitrogen and oxygen atoms in total. The van der Waals surface area contributed by atoms with Gasteiger partial charge in [0.25, 0.3) is 5.91 Å². The first-order valence-corrected chi connectivity index (χ1v) is 7.93. The fourth-order valence-electron chi connectivity index (χ4n) is 2.70. The number of rotatable bonds is 4. The number of hydrogen-bond donors (Lipinski definition) is 1. The number of carbonyl (C=O) groups excluding carboxylic acids is 1. The molecule has 1 N–H and O–H groups in total. The van der Waals surface area contributed by atoms with Gasteiger partial charge in [-0.1, -0.05) is 18.5 Å². The molecule has 1 aliphatic rings. The molecule has 1 saturated heterocycles. The lowest BCUT2D eigenvalue weighted by Gasteiger charge is -2.38. The summed E-state index contributed by atoms with van der Waals surface area (Å²) in [5.74, 6) is 0.0664. The SMILES string of the molecule is CCCNc1ccc(Cl)cc1C(=O)N1CCN(C)CC1C. The van der Waals surface area contributed by atoms with Crippen molar-refractivity contribution in [3.05, 3.63) is 28.8 Å². The molecular formula is C16H24ClN3O. The Kier molecular flexibility index (Phi) is 5.48. The molecule has 2 rings (SSSR count). The van der Waals surface area contributed by atoms with Crippen LogP contribution >= 0.6 is 11.6 Å². The highest BCUT2D eigenvalue weighted by atomic mass is 35.5. The summed E-state index contributed by atoms with van der Waals surface area (Å²) >= 11 is 6.09. The van der Waals surface area contributed by atoms with Gasteiger partial charge in [0, 0.05) is 42.9 Å². The van der Waals surface area contributed by atoms with E-state index in [9.17, 15) is 4.79 Å². The van der Waals surface area contributed by atoms with Gasteiger partial charge in [0.1, 0.15) is 0 Å². The molecule has 1 aromatic carbocycles. The predicted molar refractivity (Wildman–Crippen MR) is 88.2 cm³/mol. The fraction of sp³-hybridized carbons (Fsp3) is 0.562. The zero-order valence-electron chi connectivity index (χ0n) is 13.0. The van der Waals surface area contributed by atoms with Crippen LogP contribution in [0.2, 0.25) is 5.02 Å². The van der Waals surface area contributed by atoms with Crippen LogP contribution in [0.5, 0.6) is 0 Å². The summed E-state index contributed by atoms with van der Waals surface area (Å²) in [5.41, 5.74) is 1.55. The van der Waals surface area contributed by atoms with Crippen molar-refractivity contribution in [2.75, 3.05) is 38.5 Å². The van der Waals surface area contributed by atoms with Crippen molar-refractivity contribution in [3.63, 3.8) is 0 Å². The molecule has 0 aliphatic carbocycles. The largest absolute Gasteiger partial charge is 0.384 e. The maximum absolute atomic E-state index is 12.9. The van der Waals surface area contributed by atoms with E-state index >= 15 is 0 Å². The molecule has 0 radical (unpaired) electrons. The molecule has 1 aliphatic heterocycles. The first-order valence-electron chi connectivity index (χ1n) is 7.56. The topological polar surface area (TPSA) is 35.6 Å². The van der Waals surface area contributed by atoms with Crippen LogP contribution in [0.4, 0.5) is 5.69 Å². The average molecular weight is 310 g/mol. The number of nitrogens with zero attached hydrogens (tertiary/aromatic N) is 2. The maximum atomic E-state index is 12.9. The third-order valence-electron chi connectivity index (χ3n) is 3.87. The number of amides is 1. The van der Waals surface area contributed by atoms with Crippen LogP contribution in [-0.2, 0) is 0 Å². The van der Waals surface area contributed by atoms with Crippen LogP contribution in [0.25, 0.3) is 0 Å². The van der Waals surface area contributed by atoms with Crippen LogP contribution in [0, 0.1) is 0 Å². The van der Waals surface area contributed by atoms with Gasteiger partial charge < -0.3 is 15.1 Å². The number of halogens is 1. The minimum Gasteiger partial charge on any atom is -0.384 e. The van der Waals surface area contributed by atoms with E-state index in [4.69, 9.17) is 11.6 Å². The molecule has 0 bridgehead atoms. The molecular weight excluding hydrogens is 286 g/mol. The van der Waals surface area contributed by atoms with E-state index in [-0.39, 0.29) is 11.9 Å². The van der Waals surface area contributed by atoms with Gasteiger partial charge in [-0.15, -0.1) is 0 Å². The Morgan fingerprint density at radius 3 is 2.86 bits per heavy atom. The normalized spacial score (nSPS) is 19.6. The fourth-order valence-corrected chi connectivity index (χ4v) is 2.88. The van der Waals surface area contributed by atoms with Gasteiger partial charge >= 0.3 is 0 Å². The Balaban J connectivity index is 2.23. The van der Waals surface area contributed by atoms with E-state index in [2.05, 4.69) is 31.1 Å². The van der Waals surface area contributed by atoms with Crippen molar-refractivity contribution in [2.24, 2.45) is 0 Å². The lowest BCUT2D eigenvalue weighted by molar-refractivity contribution is 0.0534. The molecule has 0 spiro atoms. The highest BCUT2D eigenvalue weighted by molar-refractivity contribution is 6.31. The number of hydrogen-bond acceptors (Lipinski definition) is 3. The summed E-state index contributed by atoms with van der Waals surface area (Å²) in [4.78, 5) is 17.1. The van der Waals surface area contributed by atoms with E-state index in [1.807, 2.05) is 17.0 Å². The number of nitrogens with one attached hydrogen (secondary N) is 1. The van der Waals surface area contributed by atoms with E-state index < -0.39 is 0 Å². The van der Waals surface area contributed by atoms with Crippen molar-refractivity contribution < 1.29 is 4.79 Å². The molecule has 1 heterocycles. The minimum absolute atomic E-state index is 0.0664. The molecule has 21 heavy (non-hydrogen) atoms. The molecule has 1 atom stereocenters. The summed E-state index contributed by atoms with van der Waals surface area (Å²) in [5, 5.41) is 3.92. The molecule has 5 heteroatoms. The Morgan fingerprint density at radius 2 is 2.19 bits per heavy atom. The second-order valence-electron chi connectivity index (χ2n) is 5.73. The van der Waals surface area contributed by atoms with Crippen molar-refractivity contribution in [3.8, 4) is 0 Å². The van der Waals surface area contributed by atoms with Gasteiger partial charge in [-0.2, -0.15) is 0 Å². The van der Waals surface area contributed by atoms with E-state index in [1.54, 1.807) is 6.07 Å².